The average Bonchev–Trinajstić information content (AvgIpc) is 2.34. The summed E-state index contributed by atoms with van der Waals surface area (Å²) in [4.78, 5) is 13.4. The van der Waals surface area contributed by atoms with Gasteiger partial charge in [-0.2, -0.15) is 0 Å². The predicted octanol–water partition coefficient (Wildman–Crippen LogP) is 1.30. The molecule has 1 aromatic carbocycles. The van der Waals surface area contributed by atoms with Gasteiger partial charge in [0.1, 0.15) is 0 Å². The van der Waals surface area contributed by atoms with Crippen LogP contribution >= 0.6 is 0 Å². The maximum atomic E-state index is 11.6. The summed E-state index contributed by atoms with van der Waals surface area (Å²) in [6.07, 6.45) is 0.912. The molecule has 88 valence electrons. The van der Waals surface area contributed by atoms with Crippen LogP contribution in [-0.2, 0) is 11.2 Å². The third kappa shape index (κ3) is 4.45. The van der Waals surface area contributed by atoms with E-state index in [1.54, 1.807) is 4.90 Å². The molecule has 0 radical (unpaired) electrons. The van der Waals surface area contributed by atoms with E-state index in [1.165, 1.54) is 5.56 Å². The van der Waals surface area contributed by atoms with Crippen molar-refractivity contribution < 1.29 is 4.79 Å². The number of nitrogens with one attached hydrogen (secondary N) is 1. The first-order valence-electron chi connectivity index (χ1n) is 5.72. The van der Waals surface area contributed by atoms with Gasteiger partial charge in [0.2, 0.25) is 5.91 Å². The summed E-state index contributed by atoms with van der Waals surface area (Å²) in [7, 11) is 1.85. The fourth-order valence-electron chi connectivity index (χ4n) is 1.43. The molecule has 1 N–H and O–H groups in total. The lowest BCUT2D eigenvalue weighted by atomic mass is 10.1. The van der Waals surface area contributed by atoms with Gasteiger partial charge in [0.25, 0.3) is 0 Å². The third-order valence-electron chi connectivity index (χ3n) is 2.53. The van der Waals surface area contributed by atoms with Crippen molar-refractivity contribution in [2.45, 2.75) is 13.3 Å². The number of carbonyl (C=O) groups is 1. The Hall–Kier alpha value is -1.35. The van der Waals surface area contributed by atoms with E-state index in [1.807, 2.05) is 32.2 Å². The highest BCUT2D eigenvalue weighted by atomic mass is 16.2. The largest absolute Gasteiger partial charge is 0.344 e. The van der Waals surface area contributed by atoms with E-state index in [0.29, 0.717) is 6.54 Å². The molecule has 0 saturated carbocycles. The first-order valence-corrected chi connectivity index (χ1v) is 5.72. The van der Waals surface area contributed by atoms with Crippen LogP contribution in [-0.4, -0.2) is 37.5 Å². The molecule has 3 heteroatoms. The summed E-state index contributed by atoms with van der Waals surface area (Å²) in [6, 6.07) is 10.2. The summed E-state index contributed by atoms with van der Waals surface area (Å²) >= 11 is 0. The van der Waals surface area contributed by atoms with E-state index in [-0.39, 0.29) is 5.91 Å². The molecule has 0 fully saturated rings. The Kier molecular flexibility index (Phi) is 5.57. The Balaban J connectivity index is 2.29. The van der Waals surface area contributed by atoms with Crippen molar-refractivity contribution in [3.05, 3.63) is 35.9 Å². The molecule has 0 aliphatic rings. The second kappa shape index (κ2) is 7.01. The van der Waals surface area contributed by atoms with Crippen LogP contribution in [0.1, 0.15) is 12.5 Å². The molecular formula is C13H20N2O. The summed E-state index contributed by atoms with van der Waals surface area (Å²) in [5.74, 6) is 0.151. The van der Waals surface area contributed by atoms with E-state index in [9.17, 15) is 4.79 Å². The van der Waals surface area contributed by atoms with Crippen molar-refractivity contribution in [2.24, 2.45) is 0 Å². The lowest BCUT2D eigenvalue weighted by Crippen LogP contribution is -2.36. The van der Waals surface area contributed by atoms with E-state index in [4.69, 9.17) is 0 Å². The molecule has 0 heterocycles. The number of rotatable bonds is 6. The zero-order valence-corrected chi connectivity index (χ0v) is 10.1. The topological polar surface area (TPSA) is 32.3 Å². The Labute approximate surface area is 97.5 Å². The number of hydrogen-bond donors (Lipinski definition) is 1. The molecule has 0 aliphatic carbocycles. The Morgan fingerprint density at radius 1 is 1.31 bits per heavy atom. The summed E-state index contributed by atoms with van der Waals surface area (Å²) in [5, 5.41) is 3.04. The zero-order chi connectivity index (χ0) is 11.8. The number of hydrogen-bond acceptors (Lipinski definition) is 2. The van der Waals surface area contributed by atoms with Gasteiger partial charge in [0, 0.05) is 13.6 Å². The molecule has 1 rings (SSSR count). The van der Waals surface area contributed by atoms with E-state index in [2.05, 4.69) is 17.4 Å². The monoisotopic (exact) mass is 220 g/mol. The lowest BCUT2D eigenvalue weighted by molar-refractivity contribution is -0.128. The van der Waals surface area contributed by atoms with E-state index < -0.39 is 0 Å². The molecule has 16 heavy (non-hydrogen) atoms. The smallest absolute Gasteiger partial charge is 0.236 e. The highest BCUT2D eigenvalue weighted by Gasteiger charge is 2.06. The highest BCUT2D eigenvalue weighted by molar-refractivity contribution is 5.77. The van der Waals surface area contributed by atoms with Gasteiger partial charge in [-0.15, -0.1) is 0 Å². The minimum absolute atomic E-state index is 0.151. The maximum absolute atomic E-state index is 11.6. The van der Waals surface area contributed by atoms with Crippen molar-refractivity contribution in [1.29, 1.82) is 0 Å². The summed E-state index contributed by atoms with van der Waals surface area (Å²) in [5.41, 5.74) is 1.27. The van der Waals surface area contributed by atoms with Crippen LogP contribution in [0, 0.1) is 0 Å². The number of likely N-dealkylation sites (N-methyl/N-ethyl adjacent to an activating group) is 2. The summed E-state index contributed by atoms with van der Waals surface area (Å²) in [6.45, 7) is 4.03. The fraction of sp³-hybridized carbons (Fsp3) is 0.462. The minimum atomic E-state index is 0.151. The Morgan fingerprint density at radius 3 is 2.62 bits per heavy atom. The van der Waals surface area contributed by atoms with Crippen LogP contribution in [0.15, 0.2) is 30.3 Å². The maximum Gasteiger partial charge on any atom is 0.236 e. The van der Waals surface area contributed by atoms with Crippen molar-refractivity contribution >= 4 is 5.91 Å². The molecule has 0 unspecified atom stereocenters. The van der Waals surface area contributed by atoms with E-state index in [0.717, 1.165) is 19.5 Å². The second-order valence-corrected chi connectivity index (χ2v) is 3.83. The van der Waals surface area contributed by atoms with Crippen LogP contribution in [0.2, 0.25) is 0 Å². The molecule has 1 amide bonds. The van der Waals surface area contributed by atoms with Crippen molar-refractivity contribution in [3.63, 3.8) is 0 Å². The van der Waals surface area contributed by atoms with E-state index >= 15 is 0 Å². The molecule has 0 aliphatic heterocycles. The molecular weight excluding hydrogens is 200 g/mol. The highest BCUT2D eigenvalue weighted by Crippen LogP contribution is 2.00. The van der Waals surface area contributed by atoms with Crippen molar-refractivity contribution in [2.75, 3.05) is 26.7 Å². The number of carbonyl (C=O) groups excluding carboxylic acids is 1. The Morgan fingerprint density at radius 2 is 2.00 bits per heavy atom. The normalized spacial score (nSPS) is 10.1. The predicted molar refractivity (Wildman–Crippen MR) is 66.3 cm³/mol. The van der Waals surface area contributed by atoms with Gasteiger partial charge in [-0.05, 0) is 18.5 Å². The van der Waals surface area contributed by atoms with Gasteiger partial charge >= 0.3 is 0 Å². The molecule has 3 nitrogen and oxygen atoms in total. The molecule has 0 spiro atoms. The quantitative estimate of drug-likeness (QED) is 0.783. The SMILES string of the molecule is CCNCC(=O)N(C)CCc1ccccc1. The van der Waals surface area contributed by atoms with Crippen LogP contribution < -0.4 is 5.32 Å². The van der Waals surface area contributed by atoms with Gasteiger partial charge in [-0.1, -0.05) is 37.3 Å². The van der Waals surface area contributed by atoms with Crippen molar-refractivity contribution in [3.8, 4) is 0 Å². The number of nitrogens with zero attached hydrogens (tertiary/aromatic N) is 1. The van der Waals surface area contributed by atoms with Gasteiger partial charge in [0.15, 0.2) is 0 Å². The Bertz CT molecular complexity index is 311. The standard InChI is InChI=1S/C13H20N2O/c1-3-14-11-13(16)15(2)10-9-12-7-5-4-6-8-12/h4-8,14H,3,9-11H2,1-2H3. The fourth-order valence-corrected chi connectivity index (χ4v) is 1.43. The van der Waals surface area contributed by atoms with Gasteiger partial charge < -0.3 is 10.2 Å². The molecule has 1 aromatic rings. The number of benzene rings is 1. The van der Waals surface area contributed by atoms with Crippen LogP contribution in [0.5, 0.6) is 0 Å². The second-order valence-electron chi connectivity index (χ2n) is 3.83. The molecule has 0 saturated heterocycles. The van der Waals surface area contributed by atoms with Crippen LogP contribution in [0.25, 0.3) is 0 Å². The zero-order valence-electron chi connectivity index (χ0n) is 10.1. The van der Waals surface area contributed by atoms with Crippen molar-refractivity contribution in [1.82, 2.24) is 10.2 Å². The first-order chi connectivity index (χ1) is 7.74. The molecule has 0 bridgehead atoms. The average molecular weight is 220 g/mol. The van der Waals surface area contributed by atoms with Crippen LogP contribution in [0.3, 0.4) is 0 Å². The molecule has 0 atom stereocenters. The summed E-state index contributed by atoms with van der Waals surface area (Å²) < 4.78 is 0. The van der Waals surface area contributed by atoms with Gasteiger partial charge in [-0.25, -0.2) is 0 Å². The van der Waals surface area contributed by atoms with Gasteiger partial charge in [-0.3, -0.25) is 4.79 Å². The minimum Gasteiger partial charge on any atom is -0.344 e. The van der Waals surface area contributed by atoms with Gasteiger partial charge in [0.05, 0.1) is 6.54 Å². The molecule has 0 aromatic heterocycles. The lowest BCUT2D eigenvalue weighted by Gasteiger charge is -2.17. The number of amides is 1. The first kappa shape index (κ1) is 12.7. The third-order valence-corrected chi connectivity index (χ3v) is 2.53. The van der Waals surface area contributed by atoms with Crippen LogP contribution in [0.4, 0.5) is 0 Å².